The number of carbonyl (C=O) groups is 3. The summed E-state index contributed by atoms with van der Waals surface area (Å²) in [5, 5.41) is 9.45. The van der Waals surface area contributed by atoms with E-state index in [1.807, 2.05) is 26.8 Å². The van der Waals surface area contributed by atoms with E-state index in [1.165, 1.54) is 7.11 Å². The Morgan fingerprint density at radius 3 is 2.56 bits per heavy atom. The molecule has 0 saturated heterocycles. The van der Waals surface area contributed by atoms with Crippen LogP contribution in [0.5, 0.6) is 0 Å². The van der Waals surface area contributed by atoms with Gasteiger partial charge in [-0.05, 0) is 36.8 Å². The number of hydrogen-bond acceptors (Lipinski definition) is 5. The van der Waals surface area contributed by atoms with Crippen LogP contribution in [0.2, 0.25) is 0 Å². The van der Waals surface area contributed by atoms with Crippen LogP contribution in [0.3, 0.4) is 0 Å². The molecule has 3 aliphatic rings. The first-order valence-electron chi connectivity index (χ1n) is 8.65. The molecule has 5 heteroatoms. The number of ether oxygens (including phenoxy) is 1. The number of hydrogen-bond donors (Lipinski definition) is 0. The first kappa shape index (κ1) is 17.6. The van der Waals surface area contributed by atoms with Crippen LogP contribution in [0, 0.1) is 33.5 Å². The van der Waals surface area contributed by atoms with Crippen molar-refractivity contribution < 1.29 is 19.1 Å². The number of allylic oxidation sites excluding steroid dienone is 3. The number of methoxy groups -OCH3 is 1. The second-order valence-electron chi connectivity index (χ2n) is 8.19. The molecule has 0 amide bonds. The molecule has 25 heavy (non-hydrogen) atoms. The second-order valence-corrected chi connectivity index (χ2v) is 8.19. The lowest BCUT2D eigenvalue weighted by molar-refractivity contribution is -0.156. The Labute approximate surface area is 147 Å². The summed E-state index contributed by atoms with van der Waals surface area (Å²) in [5.74, 6) is -0.573. The minimum absolute atomic E-state index is 0.0157. The van der Waals surface area contributed by atoms with Gasteiger partial charge in [0.1, 0.15) is 6.07 Å². The van der Waals surface area contributed by atoms with Crippen molar-refractivity contribution in [3.63, 3.8) is 0 Å². The Morgan fingerprint density at radius 1 is 1.28 bits per heavy atom. The van der Waals surface area contributed by atoms with Gasteiger partial charge in [-0.15, -0.1) is 0 Å². The van der Waals surface area contributed by atoms with Crippen LogP contribution in [-0.2, 0) is 19.1 Å². The molecule has 3 atom stereocenters. The number of ketones is 2. The summed E-state index contributed by atoms with van der Waals surface area (Å²) in [5.41, 5.74) is -1.42. The summed E-state index contributed by atoms with van der Waals surface area (Å²) >= 11 is 0. The summed E-state index contributed by atoms with van der Waals surface area (Å²) in [6, 6.07) is 2.01. The van der Waals surface area contributed by atoms with E-state index in [0.29, 0.717) is 31.3 Å². The molecule has 0 bridgehead atoms. The van der Waals surface area contributed by atoms with Gasteiger partial charge >= 0.3 is 5.97 Å². The van der Waals surface area contributed by atoms with Gasteiger partial charge in [0.25, 0.3) is 0 Å². The molecule has 3 aliphatic carbocycles. The molecule has 0 aromatic carbocycles. The SMILES string of the molecule is COC(=O)[C@]12CCC(=O)C=C1[C@@]1(C)C=C(C#N)C(=O)C(C)(C)[C@@H]1CC2. The zero-order valence-electron chi connectivity index (χ0n) is 15.1. The fraction of sp³-hybridized carbons (Fsp3) is 0.600. The molecule has 132 valence electrons. The fourth-order valence-electron chi connectivity index (χ4n) is 5.40. The summed E-state index contributed by atoms with van der Waals surface area (Å²) in [7, 11) is 1.37. The Bertz CT molecular complexity index is 782. The molecule has 1 fully saturated rings. The highest BCUT2D eigenvalue weighted by Gasteiger charge is 2.62. The zero-order valence-corrected chi connectivity index (χ0v) is 15.1. The van der Waals surface area contributed by atoms with Gasteiger partial charge in [0.2, 0.25) is 0 Å². The van der Waals surface area contributed by atoms with Crippen molar-refractivity contribution in [3.8, 4) is 6.07 Å². The largest absolute Gasteiger partial charge is 0.468 e. The van der Waals surface area contributed by atoms with Crippen LogP contribution in [0.1, 0.15) is 46.5 Å². The van der Waals surface area contributed by atoms with E-state index in [4.69, 9.17) is 4.74 Å². The van der Waals surface area contributed by atoms with Crippen LogP contribution in [0.25, 0.3) is 0 Å². The molecular weight excluding hydrogens is 318 g/mol. The van der Waals surface area contributed by atoms with E-state index in [2.05, 4.69) is 0 Å². The molecule has 3 rings (SSSR count). The Balaban J connectivity index is 2.28. The third-order valence-corrected chi connectivity index (χ3v) is 6.62. The number of fused-ring (bicyclic) bond motifs is 3. The minimum atomic E-state index is -0.832. The predicted octanol–water partition coefficient (Wildman–Crippen LogP) is 2.91. The number of esters is 1. The molecule has 0 spiro atoms. The van der Waals surface area contributed by atoms with Crippen molar-refractivity contribution in [1.29, 1.82) is 5.26 Å². The first-order chi connectivity index (χ1) is 11.6. The lowest BCUT2D eigenvalue weighted by atomic mass is 9.44. The maximum absolute atomic E-state index is 12.7. The summed E-state index contributed by atoms with van der Waals surface area (Å²) in [4.78, 5) is 37.6. The van der Waals surface area contributed by atoms with Crippen molar-refractivity contribution in [2.24, 2.45) is 22.2 Å². The molecule has 0 N–H and O–H groups in total. The highest BCUT2D eigenvalue weighted by molar-refractivity contribution is 6.05. The average molecular weight is 341 g/mol. The third kappa shape index (κ3) is 2.16. The highest BCUT2D eigenvalue weighted by atomic mass is 16.5. The van der Waals surface area contributed by atoms with Crippen molar-refractivity contribution >= 4 is 17.5 Å². The maximum Gasteiger partial charge on any atom is 0.315 e. The Kier molecular flexibility index (Phi) is 3.79. The molecule has 0 heterocycles. The van der Waals surface area contributed by atoms with Crippen LogP contribution < -0.4 is 0 Å². The molecule has 0 radical (unpaired) electrons. The van der Waals surface area contributed by atoms with Crippen LogP contribution in [0.4, 0.5) is 0 Å². The second kappa shape index (κ2) is 5.39. The van der Waals surface area contributed by atoms with Crippen molar-refractivity contribution in [1.82, 2.24) is 0 Å². The van der Waals surface area contributed by atoms with Gasteiger partial charge < -0.3 is 4.74 Å². The molecule has 1 saturated carbocycles. The van der Waals surface area contributed by atoms with E-state index >= 15 is 0 Å². The molecular formula is C20H23NO4. The topological polar surface area (TPSA) is 84.2 Å². The maximum atomic E-state index is 12.7. The zero-order chi connectivity index (χ0) is 18.6. The number of carbonyl (C=O) groups excluding carboxylic acids is 3. The van der Waals surface area contributed by atoms with Crippen LogP contribution >= 0.6 is 0 Å². The molecule has 5 nitrogen and oxygen atoms in total. The molecule has 0 aliphatic heterocycles. The average Bonchev–Trinajstić information content (AvgIpc) is 2.58. The van der Waals surface area contributed by atoms with Crippen LogP contribution in [0.15, 0.2) is 23.3 Å². The fourth-order valence-corrected chi connectivity index (χ4v) is 5.40. The monoisotopic (exact) mass is 341 g/mol. The number of nitrogens with zero attached hydrogens (tertiary/aromatic N) is 1. The van der Waals surface area contributed by atoms with Gasteiger partial charge in [-0.25, -0.2) is 0 Å². The van der Waals surface area contributed by atoms with E-state index in [1.54, 1.807) is 12.2 Å². The lowest BCUT2D eigenvalue weighted by Crippen LogP contribution is -2.56. The van der Waals surface area contributed by atoms with Gasteiger partial charge in [0.15, 0.2) is 11.6 Å². The summed E-state index contributed by atoms with van der Waals surface area (Å²) in [6.07, 6.45) is 5.24. The van der Waals surface area contributed by atoms with Gasteiger partial charge in [-0.1, -0.05) is 26.8 Å². The van der Waals surface area contributed by atoms with E-state index in [0.717, 1.165) is 0 Å². The quantitative estimate of drug-likeness (QED) is 0.685. The van der Waals surface area contributed by atoms with E-state index in [9.17, 15) is 19.6 Å². The molecule has 0 aromatic heterocycles. The number of rotatable bonds is 1. The van der Waals surface area contributed by atoms with E-state index in [-0.39, 0.29) is 29.0 Å². The summed E-state index contributed by atoms with van der Waals surface area (Å²) in [6.45, 7) is 5.67. The van der Waals surface area contributed by atoms with Gasteiger partial charge in [-0.2, -0.15) is 5.26 Å². The minimum Gasteiger partial charge on any atom is -0.468 e. The molecule has 0 unspecified atom stereocenters. The standard InChI is InChI=1S/C20H23NO4/c1-18(2)14-6-8-20(17(24)25-4)7-5-13(22)9-15(20)19(14,3)10-12(11-21)16(18)23/h9-10,14H,5-8H2,1-4H3/t14-,19-,20-/m0/s1. The normalized spacial score (nSPS) is 36.4. The van der Waals surface area contributed by atoms with Crippen molar-refractivity contribution in [2.75, 3.05) is 7.11 Å². The first-order valence-corrected chi connectivity index (χ1v) is 8.65. The van der Waals surface area contributed by atoms with Crippen LogP contribution in [-0.4, -0.2) is 24.6 Å². The van der Waals surface area contributed by atoms with Crippen molar-refractivity contribution in [3.05, 3.63) is 23.3 Å². The summed E-state index contributed by atoms with van der Waals surface area (Å²) < 4.78 is 5.09. The smallest absolute Gasteiger partial charge is 0.315 e. The van der Waals surface area contributed by atoms with Crippen molar-refractivity contribution in [2.45, 2.75) is 46.5 Å². The number of nitriles is 1. The van der Waals surface area contributed by atoms with E-state index < -0.39 is 16.2 Å². The van der Waals surface area contributed by atoms with Gasteiger partial charge in [0, 0.05) is 17.3 Å². The third-order valence-electron chi connectivity index (χ3n) is 6.62. The molecule has 0 aromatic rings. The highest BCUT2D eigenvalue weighted by Crippen LogP contribution is 2.64. The number of Topliss-reactive ketones (excluding diaryl/α,β-unsaturated/α-hetero) is 1. The lowest BCUT2D eigenvalue weighted by Gasteiger charge is -2.57. The predicted molar refractivity (Wildman–Crippen MR) is 90.1 cm³/mol. The Hall–Kier alpha value is -2.22. The Morgan fingerprint density at radius 2 is 1.96 bits per heavy atom. The van der Waals surface area contributed by atoms with Gasteiger partial charge in [0.05, 0.1) is 18.1 Å². The van der Waals surface area contributed by atoms with Gasteiger partial charge in [-0.3, -0.25) is 14.4 Å².